The highest BCUT2D eigenvalue weighted by atomic mass is 19.1. The zero-order chi connectivity index (χ0) is 16.8. The summed E-state index contributed by atoms with van der Waals surface area (Å²) in [6.07, 6.45) is 4.33. The number of hydrogen-bond donors (Lipinski definition) is 1. The van der Waals surface area contributed by atoms with Crippen LogP contribution < -0.4 is 10.1 Å². The van der Waals surface area contributed by atoms with E-state index in [-0.39, 0.29) is 18.0 Å². The summed E-state index contributed by atoms with van der Waals surface area (Å²) in [5.41, 5.74) is 0.686. The topological polar surface area (TPSA) is 80.2 Å². The molecule has 24 heavy (non-hydrogen) atoms. The van der Waals surface area contributed by atoms with Crippen LogP contribution in [-0.2, 0) is 6.54 Å². The lowest BCUT2D eigenvalue weighted by Gasteiger charge is -2.32. The molecular weight excluding hydrogens is 313 g/mol. The normalized spacial score (nSPS) is 17.4. The smallest absolute Gasteiger partial charge is 0.317 e. The molecule has 3 rings (SSSR count). The predicted octanol–water partition coefficient (Wildman–Crippen LogP) is 1.76. The molecule has 1 atom stereocenters. The number of amides is 2. The Balaban J connectivity index is 1.53. The van der Waals surface area contributed by atoms with Crippen LogP contribution in [-0.4, -0.2) is 45.3 Å². The third-order valence-electron chi connectivity index (χ3n) is 3.72. The van der Waals surface area contributed by atoms with Crippen LogP contribution in [0.3, 0.4) is 0 Å². The number of likely N-dealkylation sites (tertiary alicyclic amines) is 1. The standard InChI is InChI=1S/C16H18FN5O2/c17-14-6-2-7-18-15(14)24-13-5-3-9-22(11-13)16(23)19-10-12-4-1-8-20-21-12/h1-2,4,6-8,13H,3,5,9-11H2,(H,19,23)/t13-/m1/s1. The largest absolute Gasteiger partial charge is 0.470 e. The first-order chi connectivity index (χ1) is 11.7. The van der Waals surface area contributed by atoms with Crippen molar-refractivity contribution in [2.45, 2.75) is 25.5 Å². The number of rotatable bonds is 4. The number of piperidine rings is 1. The first-order valence-corrected chi connectivity index (χ1v) is 7.79. The molecule has 8 heteroatoms. The van der Waals surface area contributed by atoms with Crippen molar-refractivity contribution in [2.75, 3.05) is 13.1 Å². The number of carbonyl (C=O) groups is 1. The number of nitrogens with zero attached hydrogens (tertiary/aromatic N) is 4. The number of ether oxygens (including phenoxy) is 1. The minimum Gasteiger partial charge on any atom is -0.470 e. The van der Waals surface area contributed by atoms with E-state index in [1.54, 1.807) is 23.2 Å². The van der Waals surface area contributed by atoms with E-state index >= 15 is 0 Å². The number of urea groups is 1. The number of hydrogen-bond acceptors (Lipinski definition) is 5. The highest BCUT2D eigenvalue weighted by molar-refractivity contribution is 5.74. The summed E-state index contributed by atoms with van der Waals surface area (Å²) >= 11 is 0. The Morgan fingerprint density at radius 3 is 3.04 bits per heavy atom. The molecule has 1 fully saturated rings. The average Bonchev–Trinajstić information content (AvgIpc) is 2.63. The summed E-state index contributed by atoms with van der Waals surface area (Å²) in [6.45, 7) is 1.34. The Morgan fingerprint density at radius 2 is 2.25 bits per heavy atom. The Labute approximate surface area is 138 Å². The van der Waals surface area contributed by atoms with E-state index in [4.69, 9.17) is 4.74 Å². The van der Waals surface area contributed by atoms with Crippen molar-refractivity contribution >= 4 is 6.03 Å². The highest BCUT2D eigenvalue weighted by Gasteiger charge is 2.25. The van der Waals surface area contributed by atoms with Gasteiger partial charge in [0, 0.05) is 18.9 Å². The van der Waals surface area contributed by atoms with Gasteiger partial charge in [-0.05, 0) is 37.1 Å². The van der Waals surface area contributed by atoms with Crippen LogP contribution in [0, 0.1) is 5.82 Å². The Hall–Kier alpha value is -2.77. The van der Waals surface area contributed by atoms with Crippen molar-refractivity contribution in [3.05, 3.63) is 48.2 Å². The summed E-state index contributed by atoms with van der Waals surface area (Å²) in [5.74, 6) is -0.522. The van der Waals surface area contributed by atoms with Crippen LogP contribution in [0.25, 0.3) is 0 Å². The molecule has 2 aromatic heterocycles. The van der Waals surface area contributed by atoms with Crippen LogP contribution in [0.15, 0.2) is 36.7 Å². The molecule has 0 aromatic carbocycles. The number of aromatic nitrogens is 3. The monoisotopic (exact) mass is 331 g/mol. The number of carbonyl (C=O) groups excluding carboxylic acids is 1. The molecule has 0 saturated carbocycles. The molecule has 2 aromatic rings. The fourth-order valence-electron chi connectivity index (χ4n) is 2.54. The van der Waals surface area contributed by atoms with Crippen LogP contribution in [0.4, 0.5) is 9.18 Å². The lowest BCUT2D eigenvalue weighted by atomic mass is 10.1. The summed E-state index contributed by atoms with van der Waals surface area (Å²) in [6, 6.07) is 6.17. The number of halogens is 1. The van der Waals surface area contributed by atoms with Crippen LogP contribution >= 0.6 is 0 Å². The first kappa shape index (κ1) is 16.1. The Morgan fingerprint density at radius 1 is 1.38 bits per heavy atom. The van der Waals surface area contributed by atoms with Crippen molar-refractivity contribution in [3.8, 4) is 5.88 Å². The van der Waals surface area contributed by atoms with Crippen molar-refractivity contribution < 1.29 is 13.9 Å². The van der Waals surface area contributed by atoms with Gasteiger partial charge < -0.3 is 15.0 Å². The van der Waals surface area contributed by atoms with E-state index < -0.39 is 5.82 Å². The van der Waals surface area contributed by atoms with E-state index in [1.807, 2.05) is 0 Å². The van der Waals surface area contributed by atoms with E-state index in [0.717, 1.165) is 12.8 Å². The summed E-state index contributed by atoms with van der Waals surface area (Å²) in [4.78, 5) is 17.8. The second-order valence-electron chi connectivity index (χ2n) is 5.49. The minimum atomic E-state index is -0.498. The summed E-state index contributed by atoms with van der Waals surface area (Å²) in [5, 5.41) is 10.5. The second kappa shape index (κ2) is 7.67. The van der Waals surface area contributed by atoms with Gasteiger partial charge in [-0.3, -0.25) is 0 Å². The maximum absolute atomic E-state index is 13.6. The van der Waals surface area contributed by atoms with Gasteiger partial charge in [0.15, 0.2) is 5.82 Å². The Bertz CT molecular complexity index is 685. The third-order valence-corrected chi connectivity index (χ3v) is 3.72. The van der Waals surface area contributed by atoms with Gasteiger partial charge in [0.25, 0.3) is 5.88 Å². The van der Waals surface area contributed by atoms with Gasteiger partial charge in [0.2, 0.25) is 0 Å². The van der Waals surface area contributed by atoms with Gasteiger partial charge in [0.05, 0.1) is 18.8 Å². The average molecular weight is 331 g/mol. The van der Waals surface area contributed by atoms with Crippen molar-refractivity contribution in [3.63, 3.8) is 0 Å². The zero-order valence-corrected chi connectivity index (χ0v) is 13.1. The van der Waals surface area contributed by atoms with Gasteiger partial charge in [0.1, 0.15) is 6.10 Å². The van der Waals surface area contributed by atoms with Gasteiger partial charge in [-0.2, -0.15) is 10.2 Å². The first-order valence-electron chi connectivity index (χ1n) is 7.79. The van der Waals surface area contributed by atoms with Crippen molar-refractivity contribution in [2.24, 2.45) is 0 Å². The minimum absolute atomic E-state index is 0.0238. The highest BCUT2D eigenvalue weighted by Crippen LogP contribution is 2.19. The molecule has 2 amide bonds. The van der Waals surface area contributed by atoms with Gasteiger partial charge in [-0.15, -0.1) is 0 Å². The van der Waals surface area contributed by atoms with E-state index in [0.29, 0.717) is 25.3 Å². The maximum atomic E-state index is 13.6. The molecule has 3 heterocycles. The fourth-order valence-corrected chi connectivity index (χ4v) is 2.54. The molecule has 7 nitrogen and oxygen atoms in total. The molecule has 1 aliphatic heterocycles. The molecule has 0 aliphatic carbocycles. The molecule has 0 unspecified atom stereocenters. The molecule has 126 valence electrons. The molecule has 0 bridgehead atoms. The van der Waals surface area contributed by atoms with Crippen molar-refractivity contribution in [1.29, 1.82) is 0 Å². The molecule has 0 spiro atoms. The zero-order valence-electron chi connectivity index (χ0n) is 13.1. The maximum Gasteiger partial charge on any atom is 0.317 e. The van der Waals surface area contributed by atoms with E-state index in [9.17, 15) is 9.18 Å². The second-order valence-corrected chi connectivity index (χ2v) is 5.49. The predicted molar refractivity (Wildman–Crippen MR) is 83.7 cm³/mol. The molecule has 1 saturated heterocycles. The van der Waals surface area contributed by atoms with Crippen LogP contribution in [0.1, 0.15) is 18.5 Å². The van der Waals surface area contributed by atoms with Crippen molar-refractivity contribution in [1.82, 2.24) is 25.4 Å². The third kappa shape index (κ3) is 4.15. The van der Waals surface area contributed by atoms with Crippen LogP contribution in [0.5, 0.6) is 5.88 Å². The molecule has 1 aliphatic rings. The fraction of sp³-hybridized carbons (Fsp3) is 0.375. The lowest BCUT2D eigenvalue weighted by Crippen LogP contribution is -2.48. The van der Waals surface area contributed by atoms with Crippen LogP contribution in [0.2, 0.25) is 0 Å². The van der Waals surface area contributed by atoms with E-state index in [1.165, 1.54) is 18.3 Å². The van der Waals surface area contributed by atoms with E-state index in [2.05, 4.69) is 20.5 Å². The number of pyridine rings is 1. The molecule has 0 radical (unpaired) electrons. The molecule has 1 N–H and O–H groups in total. The van der Waals surface area contributed by atoms with Gasteiger partial charge in [-0.1, -0.05) is 0 Å². The Kier molecular flexibility index (Phi) is 5.15. The summed E-state index contributed by atoms with van der Waals surface area (Å²) < 4.78 is 19.2. The van der Waals surface area contributed by atoms with Gasteiger partial charge in [-0.25, -0.2) is 14.2 Å². The number of nitrogens with one attached hydrogen (secondary N) is 1. The SMILES string of the molecule is O=C(NCc1cccnn1)N1CCC[C@@H](Oc2ncccc2F)C1. The summed E-state index contributed by atoms with van der Waals surface area (Å²) in [7, 11) is 0. The van der Waals surface area contributed by atoms with Gasteiger partial charge >= 0.3 is 6.03 Å². The quantitative estimate of drug-likeness (QED) is 0.923. The lowest BCUT2D eigenvalue weighted by molar-refractivity contribution is 0.0941. The molecular formula is C16H18FN5O2.